The van der Waals surface area contributed by atoms with Crippen LogP contribution in [0.15, 0.2) is 6.07 Å². The Morgan fingerprint density at radius 2 is 2.46 bits per heavy atom. The van der Waals surface area contributed by atoms with Gasteiger partial charge >= 0.3 is 5.91 Å². The minimum Gasteiger partial charge on any atom is -0.298 e. The smallest absolute Gasteiger partial charge is 0.298 e. The molecule has 0 aliphatic rings. The lowest BCUT2D eigenvalue weighted by Crippen LogP contribution is -2.08. The van der Waals surface area contributed by atoms with Gasteiger partial charge in [-0.05, 0) is 11.8 Å². The van der Waals surface area contributed by atoms with E-state index in [0.29, 0.717) is 5.82 Å². The normalized spacial score (nSPS) is 8.85. The molecule has 0 unspecified atom stereocenters. The van der Waals surface area contributed by atoms with Crippen molar-refractivity contribution in [3.05, 3.63) is 11.8 Å². The highest BCUT2D eigenvalue weighted by Crippen LogP contribution is 2.05. The fraction of sp³-hybridized carbons (Fsp3) is 0.250. The molecule has 0 spiro atoms. The van der Waals surface area contributed by atoms with Crippen molar-refractivity contribution in [2.24, 2.45) is 7.05 Å². The number of aromatic nitrogens is 2. The van der Waals surface area contributed by atoms with Crippen molar-refractivity contribution in [2.75, 3.05) is 5.32 Å². The van der Waals surface area contributed by atoms with Gasteiger partial charge in [0.05, 0.1) is 0 Å². The molecule has 1 rings (SSSR count). The first-order valence-corrected chi connectivity index (χ1v) is 4.36. The first kappa shape index (κ1) is 9.81. The molecular formula is C8H8BrN3O. The minimum absolute atomic E-state index is 0.380. The molecule has 0 saturated heterocycles. The fourth-order valence-electron chi connectivity index (χ4n) is 0.812. The average molecular weight is 242 g/mol. The van der Waals surface area contributed by atoms with E-state index in [9.17, 15) is 4.79 Å². The second-order valence-corrected chi connectivity index (χ2v) is 2.86. The molecule has 0 atom stereocenters. The predicted octanol–water partition coefficient (Wildman–Crippen LogP) is 1.02. The Balaban J connectivity index is 2.73. The Kier molecular flexibility index (Phi) is 3.09. The first-order valence-electron chi connectivity index (χ1n) is 3.56. The van der Waals surface area contributed by atoms with Crippen LogP contribution in [0.25, 0.3) is 0 Å². The van der Waals surface area contributed by atoms with Gasteiger partial charge in [-0.3, -0.25) is 14.8 Å². The van der Waals surface area contributed by atoms with Gasteiger partial charge in [-0.25, -0.2) is 0 Å². The van der Waals surface area contributed by atoms with E-state index in [0.717, 1.165) is 5.69 Å². The SMILES string of the molecule is Cc1cc(NC(=O)C#CBr)nn1C. The molecule has 0 aliphatic heterocycles. The van der Waals surface area contributed by atoms with Gasteiger partial charge in [-0.1, -0.05) is 0 Å². The molecule has 0 aromatic carbocycles. The summed E-state index contributed by atoms with van der Waals surface area (Å²) in [5.41, 5.74) is 0.974. The molecule has 0 aliphatic carbocycles. The average Bonchev–Trinajstić information content (AvgIpc) is 2.31. The zero-order chi connectivity index (χ0) is 9.84. The molecule has 1 aromatic rings. The molecule has 1 heterocycles. The quantitative estimate of drug-likeness (QED) is 0.747. The summed E-state index contributed by atoms with van der Waals surface area (Å²) in [5.74, 6) is 2.42. The highest BCUT2D eigenvalue weighted by Gasteiger charge is 2.02. The number of carbonyl (C=O) groups is 1. The number of hydrogen-bond donors (Lipinski definition) is 1. The summed E-state index contributed by atoms with van der Waals surface area (Å²) in [5, 5.41) is 6.56. The molecule has 0 bridgehead atoms. The highest BCUT2D eigenvalue weighted by atomic mass is 79.9. The topological polar surface area (TPSA) is 46.9 Å². The number of hydrogen-bond acceptors (Lipinski definition) is 2. The maximum absolute atomic E-state index is 11.0. The van der Waals surface area contributed by atoms with Crippen molar-refractivity contribution >= 4 is 27.7 Å². The second-order valence-electron chi connectivity index (χ2n) is 2.47. The summed E-state index contributed by atoms with van der Waals surface area (Å²) in [7, 11) is 1.81. The molecule has 68 valence electrons. The van der Waals surface area contributed by atoms with E-state index in [1.54, 1.807) is 17.8 Å². The van der Waals surface area contributed by atoms with Gasteiger partial charge in [0.2, 0.25) is 0 Å². The number of nitrogens with one attached hydrogen (secondary N) is 1. The largest absolute Gasteiger partial charge is 0.302 e. The van der Waals surface area contributed by atoms with E-state index in [1.807, 2.05) is 6.92 Å². The van der Waals surface area contributed by atoms with Crippen molar-refractivity contribution in [1.29, 1.82) is 0 Å². The third kappa shape index (κ3) is 2.60. The van der Waals surface area contributed by atoms with Crippen LogP contribution in [-0.4, -0.2) is 15.7 Å². The molecule has 13 heavy (non-hydrogen) atoms. The molecule has 1 aromatic heterocycles. The molecular weight excluding hydrogens is 234 g/mol. The van der Waals surface area contributed by atoms with Gasteiger partial charge in [0.1, 0.15) is 0 Å². The van der Waals surface area contributed by atoms with Gasteiger partial charge < -0.3 is 0 Å². The Morgan fingerprint density at radius 1 is 1.77 bits per heavy atom. The summed E-state index contributed by atoms with van der Waals surface area (Å²) in [6, 6.07) is 1.77. The Labute approximate surface area is 84.4 Å². The van der Waals surface area contributed by atoms with Crippen LogP contribution < -0.4 is 5.32 Å². The van der Waals surface area contributed by atoms with Crippen molar-refractivity contribution in [3.63, 3.8) is 0 Å². The van der Waals surface area contributed by atoms with Crippen LogP contribution in [0.5, 0.6) is 0 Å². The van der Waals surface area contributed by atoms with E-state index in [2.05, 4.69) is 37.1 Å². The molecule has 1 amide bonds. The maximum Gasteiger partial charge on any atom is 0.302 e. The molecule has 4 nitrogen and oxygen atoms in total. The minimum atomic E-state index is -0.380. The van der Waals surface area contributed by atoms with Gasteiger partial charge in [-0.15, -0.1) is 0 Å². The summed E-state index contributed by atoms with van der Waals surface area (Å²) in [4.78, 5) is 13.3. The molecule has 0 saturated carbocycles. The fourth-order valence-corrected chi connectivity index (χ4v) is 0.992. The number of amides is 1. The van der Waals surface area contributed by atoms with Crippen LogP contribution in [0, 0.1) is 17.7 Å². The predicted molar refractivity (Wildman–Crippen MR) is 53.3 cm³/mol. The van der Waals surface area contributed by atoms with Crippen LogP contribution in [0.3, 0.4) is 0 Å². The lowest BCUT2D eigenvalue weighted by molar-refractivity contribution is -0.111. The van der Waals surface area contributed by atoms with Crippen LogP contribution >= 0.6 is 15.9 Å². The number of carbonyl (C=O) groups excluding carboxylic acids is 1. The maximum atomic E-state index is 11.0. The third-order valence-corrected chi connectivity index (χ3v) is 1.71. The number of nitrogens with zero attached hydrogens (tertiary/aromatic N) is 2. The number of aryl methyl sites for hydroxylation is 2. The first-order chi connectivity index (χ1) is 6.13. The second kappa shape index (κ2) is 4.10. The Bertz CT molecular complexity index is 366. The summed E-state index contributed by atoms with van der Waals surface area (Å²) in [6.45, 7) is 1.90. The summed E-state index contributed by atoms with van der Waals surface area (Å²) < 4.78 is 1.68. The molecule has 0 fully saturated rings. The van der Waals surface area contributed by atoms with Crippen molar-refractivity contribution in [3.8, 4) is 10.8 Å². The van der Waals surface area contributed by atoms with Gasteiger partial charge in [0.25, 0.3) is 0 Å². The van der Waals surface area contributed by atoms with Crippen molar-refractivity contribution < 1.29 is 4.79 Å². The van der Waals surface area contributed by atoms with Crippen molar-refractivity contribution in [1.82, 2.24) is 9.78 Å². The van der Waals surface area contributed by atoms with Crippen LogP contribution in [0.4, 0.5) is 5.82 Å². The zero-order valence-electron chi connectivity index (χ0n) is 7.26. The summed E-state index contributed by atoms with van der Waals surface area (Å²) in [6.07, 6.45) is 0. The van der Waals surface area contributed by atoms with Crippen LogP contribution in [0.2, 0.25) is 0 Å². The zero-order valence-corrected chi connectivity index (χ0v) is 8.84. The van der Waals surface area contributed by atoms with Gasteiger partial charge in [0, 0.05) is 40.7 Å². The Hall–Kier alpha value is -1.28. The van der Waals surface area contributed by atoms with Gasteiger partial charge in [0.15, 0.2) is 5.82 Å². The van der Waals surface area contributed by atoms with Gasteiger partial charge in [-0.2, -0.15) is 5.10 Å². The van der Waals surface area contributed by atoms with E-state index in [1.165, 1.54) is 0 Å². The molecule has 5 heteroatoms. The molecule has 0 radical (unpaired) electrons. The van der Waals surface area contributed by atoms with E-state index >= 15 is 0 Å². The number of rotatable bonds is 1. The highest BCUT2D eigenvalue weighted by molar-refractivity contribution is 9.12. The van der Waals surface area contributed by atoms with E-state index < -0.39 is 0 Å². The van der Waals surface area contributed by atoms with Crippen LogP contribution in [0.1, 0.15) is 5.69 Å². The lowest BCUT2D eigenvalue weighted by atomic mass is 10.4. The number of halogens is 1. The third-order valence-electron chi connectivity index (χ3n) is 1.52. The summed E-state index contributed by atoms with van der Waals surface area (Å²) >= 11 is 2.84. The standard InChI is InChI=1S/C8H8BrN3O/c1-6-5-7(11-12(6)2)10-8(13)3-4-9/h5H,1-2H3,(H,10,11,13). The number of anilines is 1. The van der Waals surface area contributed by atoms with E-state index in [4.69, 9.17) is 0 Å². The van der Waals surface area contributed by atoms with E-state index in [-0.39, 0.29) is 5.91 Å². The Morgan fingerprint density at radius 3 is 2.92 bits per heavy atom. The van der Waals surface area contributed by atoms with Crippen LogP contribution in [-0.2, 0) is 11.8 Å². The van der Waals surface area contributed by atoms with Crippen molar-refractivity contribution in [2.45, 2.75) is 6.92 Å². The molecule has 1 N–H and O–H groups in total. The lowest BCUT2D eigenvalue weighted by Gasteiger charge is -1.92. The monoisotopic (exact) mass is 241 g/mol.